The van der Waals surface area contributed by atoms with Crippen LogP contribution in [0.1, 0.15) is 62.8 Å². The number of amides is 2. The molecule has 192 valence electrons. The fourth-order valence-electron chi connectivity index (χ4n) is 3.61. The number of carbonyl (C=O) groups excluding carboxylic acids is 2. The Morgan fingerprint density at radius 3 is 2.36 bits per heavy atom. The zero-order chi connectivity index (χ0) is 25.4. The van der Waals surface area contributed by atoms with E-state index in [9.17, 15) is 9.59 Å². The molecule has 36 heavy (non-hydrogen) atoms. The van der Waals surface area contributed by atoms with Gasteiger partial charge < -0.3 is 15.4 Å². The van der Waals surface area contributed by atoms with Crippen LogP contribution in [-0.4, -0.2) is 49.9 Å². The van der Waals surface area contributed by atoms with E-state index in [1.165, 1.54) is 43.4 Å². The number of nitrogens with one attached hydrogen (secondary N) is 2. The molecular formula is C25H33N7O3S. The fraction of sp³-hybridized carbons (Fsp3) is 0.480. The van der Waals surface area contributed by atoms with Crippen molar-refractivity contribution in [3.05, 3.63) is 53.4 Å². The first kappa shape index (κ1) is 27.3. The lowest BCUT2D eigenvalue weighted by atomic mass is 10.2. The number of hydrogen-bond acceptors (Lipinski definition) is 9. The second kappa shape index (κ2) is 15.6. The Hall–Kier alpha value is -3.31. The Bertz CT molecular complexity index is 1020. The van der Waals surface area contributed by atoms with Gasteiger partial charge in [-0.2, -0.15) is 5.10 Å². The summed E-state index contributed by atoms with van der Waals surface area (Å²) in [5.74, 6) is 0.257. The highest BCUT2D eigenvalue weighted by molar-refractivity contribution is 7.13. The van der Waals surface area contributed by atoms with Crippen molar-refractivity contribution in [1.29, 1.82) is 0 Å². The summed E-state index contributed by atoms with van der Waals surface area (Å²) in [5.41, 5.74) is 3.12. The number of anilines is 2. The average Bonchev–Trinajstić information content (AvgIpc) is 3.67. The molecule has 0 radical (unpaired) electrons. The van der Waals surface area contributed by atoms with E-state index >= 15 is 0 Å². The van der Waals surface area contributed by atoms with Crippen LogP contribution >= 0.6 is 11.3 Å². The summed E-state index contributed by atoms with van der Waals surface area (Å²) in [7, 11) is 0. The van der Waals surface area contributed by atoms with Crippen LogP contribution < -0.4 is 10.6 Å². The summed E-state index contributed by atoms with van der Waals surface area (Å²) in [5, 5.41) is 21.0. The van der Waals surface area contributed by atoms with Crippen LogP contribution in [0.4, 0.5) is 10.9 Å². The Labute approximate surface area is 215 Å². The quantitative estimate of drug-likeness (QED) is 0.499. The number of aryl methyl sites for hydroxylation is 1. The first-order valence-corrected chi connectivity index (χ1v) is 13.1. The lowest BCUT2D eigenvalue weighted by Gasteiger charge is -2.07. The molecule has 1 saturated heterocycles. The van der Waals surface area contributed by atoms with Gasteiger partial charge in [-0.15, -0.1) is 15.3 Å². The summed E-state index contributed by atoms with van der Waals surface area (Å²) in [6.45, 7) is 2.61. The molecule has 2 fully saturated rings. The summed E-state index contributed by atoms with van der Waals surface area (Å²) in [6, 6.07) is 8.98. The molecule has 11 heteroatoms. The maximum atomic E-state index is 11.6. The van der Waals surface area contributed by atoms with Crippen LogP contribution in [0.5, 0.6) is 0 Å². The van der Waals surface area contributed by atoms with Crippen molar-refractivity contribution < 1.29 is 14.3 Å². The Morgan fingerprint density at radius 2 is 1.78 bits per heavy atom. The highest BCUT2D eigenvalue weighted by Gasteiger charge is 2.19. The Morgan fingerprint density at radius 1 is 0.972 bits per heavy atom. The van der Waals surface area contributed by atoms with E-state index in [4.69, 9.17) is 4.74 Å². The van der Waals surface area contributed by atoms with E-state index in [0.29, 0.717) is 17.4 Å². The second-order valence-corrected chi connectivity index (χ2v) is 9.34. The van der Waals surface area contributed by atoms with E-state index in [1.54, 1.807) is 29.9 Å². The Balaban J connectivity index is 0.000000170. The molecule has 1 aliphatic carbocycles. The molecule has 2 amide bonds. The molecule has 1 atom stereocenters. The van der Waals surface area contributed by atoms with Gasteiger partial charge in [0.05, 0.1) is 24.6 Å². The van der Waals surface area contributed by atoms with Crippen LogP contribution in [0.2, 0.25) is 0 Å². The maximum absolute atomic E-state index is 11.6. The number of ether oxygens (including phenoxy) is 1. The number of carbonyl (C=O) groups is 2. The average molecular weight is 512 g/mol. The summed E-state index contributed by atoms with van der Waals surface area (Å²) < 4.78 is 5.35. The smallest absolute Gasteiger partial charge is 0.231 e. The van der Waals surface area contributed by atoms with E-state index in [1.807, 2.05) is 19.1 Å². The molecule has 1 aliphatic heterocycles. The second-order valence-electron chi connectivity index (χ2n) is 8.50. The molecule has 1 unspecified atom stereocenters. The van der Waals surface area contributed by atoms with Gasteiger partial charge in [0.25, 0.3) is 0 Å². The van der Waals surface area contributed by atoms with Crippen molar-refractivity contribution in [2.75, 3.05) is 17.2 Å². The fourth-order valence-corrected chi connectivity index (χ4v) is 4.07. The van der Waals surface area contributed by atoms with Gasteiger partial charge in [-0.05, 0) is 44.0 Å². The molecule has 10 nitrogen and oxygen atoms in total. The van der Waals surface area contributed by atoms with E-state index in [0.717, 1.165) is 30.8 Å². The number of rotatable bonds is 6. The van der Waals surface area contributed by atoms with Crippen molar-refractivity contribution in [2.24, 2.45) is 0 Å². The third-order valence-corrected chi connectivity index (χ3v) is 6.03. The van der Waals surface area contributed by atoms with Crippen LogP contribution in [0.3, 0.4) is 0 Å². The van der Waals surface area contributed by atoms with Gasteiger partial charge >= 0.3 is 0 Å². The van der Waals surface area contributed by atoms with Gasteiger partial charge in [0, 0.05) is 18.5 Å². The minimum Gasteiger partial charge on any atom is -0.378 e. The predicted octanol–water partition coefficient (Wildman–Crippen LogP) is 4.36. The number of hydrogen-bond donors (Lipinski definition) is 2. The third-order valence-electron chi connectivity index (χ3n) is 5.43. The molecule has 0 bridgehead atoms. The highest BCUT2D eigenvalue weighted by Crippen LogP contribution is 2.17. The van der Waals surface area contributed by atoms with Gasteiger partial charge in [0.15, 0.2) is 5.82 Å². The monoisotopic (exact) mass is 511 g/mol. The van der Waals surface area contributed by atoms with E-state index < -0.39 is 0 Å². The topological polar surface area (TPSA) is 132 Å². The van der Waals surface area contributed by atoms with Crippen LogP contribution in [0, 0.1) is 6.92 Å². The summed E-state index contributed by atoms with van der Waals surface area (Å²) in [4.78, 5) is 27.1. The molecule has 2 N–H and O–H groups in total. The molecular weight excluding hydrogens is 478 g/mol. The third kappa shape index (κ3) is 11.0. The zero-order valence-electron chi connectivity index (χ0n) is 20.6. The van der Waals surface area contributed by atoms with Crippen molar-refractivity contribution in [1.82, 2.24) is 25.4 Å². The summed E-state index contributed by atoms with van der Waals surface area (Å²) in [6.07, 6.45) is 11.9. The largest absolute Gasteiger partial charge is 0.378 e. The normalized spacial score (nSPS) is 16.2. The first-order chi connectivity index (χ1) is 17.6. The van der Waals surface area contributed by atoms with Crippen molar-refractivity contribution >= 4 is 34.1 Å². The van der Waals surface area contributed by atoms with Crippen molar-refractivity contribution in [2.45, 2.75) is 70.8 Å². The summed E-state index contributed by atoms with van der Waals surface area (Å²) >= 11 is 1.31. The Kier molecular flexibility index (Phi) is 11.8. The SMILES string of the molecule is C1CCCC1.Cc1ccc(NC(=O)Cc2ccccn2)nn1.O=C(CC1CCCO1)Nc1nncs1. The van der Waals surface area contributed by atoms with Crippen molar-refractivity contribution in [3.63, 3.8) is 0 Å². The first-order valence-electron chi connectivity index (χ1n) is 12.3. The van der Waals surface area contributed by atoms with Crippen LogP contribution in [0.25, 0.3) is 0 Å². The molecule has 3 aromatic rings. The van der Waals surface area contributed by atoms with Crippen molar-refractivity contribution in [3.8, 4) is 0 Å². The van der Waals surface area contributed by atoms with E-state index in [-0.39, 0.29) is 24.3 Å². The number of aromatic nitrogens is 5. The van der Waals surface area contributed by atoms with E-state index in [2.05, 4.69) is 36.0 Å². The zero-order valence-corrected chi connectivity index (χ0v) is 21.4. The predicted molar refractivity (Wildman–Crippen MR) is 139 cm³/mol. The highest BCUT2D eigenvalue weighted by atomic mass is 32.1. The maximum Gasteiger partial charge on any atom is 0.231 e. The lowest BCUT2D eigenvalue weighted by Crippen LogP contribution is -2.19. The molecule has 5 rings (SSSR count). The number of pyridine rings is 1. The van der Waals surface area contributed by atoms with Gasteiger partial charge in [0.1, 0.15) is 5.51 Å². The minimum absolute atomic E-state index is 0.0475. The molecule has 0 aromatic carbocycles. The number of nitrogens with zero attached hydrogens (tertiary/aromatic N) is 5. The van der Waals surface area contributed by atoms with Gasteiger partial charge in [-0.3, -0.25) is 14.6 Å². The molecule has 0 spiro atoms. The molecule has 1 saturated carbocycles. The van der Waals surface area contributed by atoms with Crippen LogP contribution in [0.15, 0.2) is 42.0 Å². The van der Waals surface area contributed by atoms with Crippen LogP contribution in [-0.2, 0) is 20.7 Å². The molecule has 2 aliphatic rings. The van der Waals surface area contributed by atoms with Gasteiger partial charge in [-0.25, -0.2) is 0 Å². The van der Waals surface area contributed by atoms with Gasteiger partial charge in [0.2, 0.25) is 16.9 Å². The lowest BCUT2D eigenvalue weighted by molar-refractivity contribution is -0.118. The standard InChI is InChI=1S/C12H12N4O.C8H11N3O2S.C5H10/c1-9-5-6-11(16-15-9)14-12(17)8-10-4-2-3-7-13-10;12-7(4-6-2-1-3-13-6)10-8-11-9-5-14-8;1-2-4-5-3-1/h2-7H,8H2,1H3,(H,14,16,17);5-6H,1-4H2,(H,10,11,12);1-5H2. The van der Waals surface area contributed by atoms with Gasteiger partial charge in [-0.1, -0.05) is 49.5 Å². The molecule has 3 aromatic heterocycles. The molecule has 4 heterocycles. The minimum atomic E-state index is -0.151.